The number of nitrogens with zero attached hydrogens (tertiary/aromatic N) is 3. The maximum absolute atomic E-state index is 10.6. The van der Waals surface area contributed by atoms with Crippen LogP contribution < -0.4 is 9.47 Å². The van der Waals surface area contributed by atoms with E-state index in [-0.39, 0.29) is 12.2 Å². The van der Waals surface area contributed by atoms with Crippen LogP contribution in [0.4, 0.5) is 0 Å². The van der Waals surface area contributed by atoms with Gasteiger partial charge in [-0.3, -0.25) is 4.90 Å². The monoisotopic (exact) mass is 479 g/mol. The minimum Gasteiger partial charge on any atom is -0.497 e. The Morgan fingerprint density at radius 3 is 2.54 bits per heavy atom. The van der Waals surface area contributed by atoms with E-state index in [4.69, 9.17) is 19.3 Å². The number of para-hydroxylation sites is 1. The van der Waals surface area contributed by atoms with Gasteiger partial charge in [-0.05, 0) is 62.6 Å². The fourth-order valence-electron chi connectivity index (χ4n) is 4.55. The van der Waals surface area contributed by atoms with Crippen LogP contribution in [0, 0.1) is 6.92 Å². The smallest absolute Gasteiger partial charge is 0.227 e. The average Bonchev–Trinajstić information content (AvgIpc) is 3.49. The van der Waals surface area contributed by atoms with Gasteiger partial charge in [-0.2, -0.15) is 5.10 Å². The van der Waals surface area contributed by atoms with Crippen molar-refractivity contribution in [1.29, 1.82) is 0 Å². The Labute approximate surface area is 208 Å². The van der Waals surface area contributed by atoms with Crippen LogP contribution in [0.25, 0.3) is 5.69 Å². The van der Waals surface area contributed by atoms with Crippen LogP contribution >= 0.6 is 0 Å². The van der Waals surface area contributed by atoms with Crippen LogP contribution in [0.2, 0.25) is 0 Å². The Morgan fingerprint density at radius 1 is 1.14 bits per heavy atom. The van der Waals surface area contributed by atoms with Gasteiger partial charge in [0.05, 0.1) is 36.3 Å². The van der Waals surface area contributed by atoms with Crippen molar-refractivity contribution in [2.45, 2.75) is 58.3 Å². The minimum atomic E-state index is -0.378. The first-order valence-electron chi connectivity index (χ1n) is 12.5. The predicted molar refractivity (Wildman–Crippen MR) is 137 cm³/mol. The van der Waals surface area contributed by atoms with Gasteiger partial charge in [0.1, 0.15) is 11.5 Å². The number of benzene rings is 2. The zero-order chi connectivity index (χ0) is 24.6. The lowest BCUT2D eigenvalue weighted by Crippen LogP contribution is -2.37. The molecule has 2 heterocycles. The number of aryl methyl sites for hydroxylation is 1. The summed E-state index contributed by atoms with van der Waals surface area (Å²) in [7, 11) is 1.65. The molecule has 4 rings (SSSR count). The largest absolute Gasteiger partial charge is 0.497 e. The number of aliphatic hydroxyl groups excluding tert-OH is 1. The Balaban J connectivity index is 1.67. The van der Waals surface area contributed by atoms with Crippen molar-refractivity contribution in [2.75, 3.05) is 26.8 Å². The van der Waals surface area contributed by atoms with Crippen molar-refractivity contribution in [3.05, 3.63) is 65.9 Å². The molecule has 3 aromatic rings. The van der Waals surface area contributed by atoms with Crippen LogP contribution in [0.3, 0.4) is 0 Å². The first-order valence-corrected chi connectivity index (χ1v) is 12.5. The normalized spacial score (nSPS) is 16.5. The molecule has 7 nitrogen and oxygen atoms in total. The molecule has 2 unspecified atom stereocenters. The summed E-state index contributed by atoms with van der Waals surface area (Å²) in [6, 6.07) is 17.6. The molecule has 0 radical (unpaired) electrons. The van der Waals surface area contributed by atoms with E-state index in [1.165, 1.54) is 0 Å². The lowest BCUT2D eigenvalue weighted by Gasteiger charge is -2.27. The average molecular weight is 480 g/mol. The van der Waals surface area contributed by atoms with Crippen molar-refractivity contribution >= 4 is 0 Å². The Kier molecular flexibility index (Phi) is 8.79. The van der Waals surface area contributed by atoms with E-state index in [1.54, 1.807) is 7.11 Å². The predicted octanol–water partition coefficient (Wildman–Crippen LogP) is 5.12. The van der Waals surface area contributed by atoms with Gasteiger partial charge in [0, 0.05) is 26.2 Å². The summed E-state index contributed by atoms with van der Waals surface area (Å²) in [4.78, 5) is 2.29. The SMILES string of the molecule is CCCC(O)CN(Cc1c(C)nn(-c2ccccc2)c1Oc1ccc(OC)cc1)CC1CCCO1. The van der Waals surface area contributed by atoms with Crippen LogP contribution in [0.15, 0.2) is 54.6 Å². The molecule has 1 fully saturated rings. The van der Waals surface area contributed by atoms with E-state index < -0.39 is 0 Å². The van der Waals surface area contributed by atoms with Gasteiger partial charge in [-0.15, -0.1) is 0 Å². The third kappa shape index (κ3) is 6.63. The number of aromatic nitrogens is 2. The number of ether oxygens (including phenoxy) is 3. The van der Waals surface area contributed by atoms with Gasteiger partial charge in [0.2, 0.25) is 5.88 Å². The fourth-order valence-corrected chi connectivity index (χ4v) is 4.55. The molecule has 1 aliphatic heterocycles. The van der Waals surface area contributed by atoms with Gasteiger partial charge in [0.15, 0.2) is 0 Å². The van der Waals surface area contributed by atoms with E-state index >= 15 is 0 Å². The number of hydrogen-bond donors (Lipinski definition) is 1. The quantitative estimate of drug-likeness (QED) is 0.389. The van der Waals surface area contributed by atoms with Crippen molar-refractivity contribution in [2.24, 2.45) is 0 Å². The van der Waals surface area contributed by atoms with E-state index in [9.17, 15) is 5.11 Å². The molecule has 0 amide bonds. The molecule has 1 N–H and O–H groups in total. The maximum Gasteiger partial charge on any atom is 0.227 e. The molecule has 0 bridgehead atoms. The van der Waals surface area contributed by atoms with Gasteiger partial charge in [-0.25, -0.2) is 4.68 Å². The second-order valence-corrected chi connectivity index (χ2v) is 9.17. The topological polar surface area (TPSA) is 69.0 Å². The number of hydrogen-bond acceptors (Lipinski definition) is 6. The van der Waals surface area contributed by atoms with Crippen LogP contribution in [0.1, 0.15) is 43.9 Å². The summed E-state index contributed by atoms with van der Waals surface area (Å²) in [6.45, 7) is 6.91. The molecule has 7 heteroatoms. The molecule has 2 atom stereocenters. The molecule has 188 valence electrons. The summed E-state index contributed by atoms with van der Waals surface area (Å²) < 4.78 is 19.6. The summed E-state index contributed by atoms with van der Waals surface area (Å²) in [5.74, 6) is 2.17. The zero-order valence-corrected chi connectivity index (χ0v) is 21.0. The molecule has 35 heavy (non-hydrogen) atoms. The second-order valence-electron chi connectivity index (χ2n) is 9.17. The lowest BCUT2D eigenvalue weighted by molar-refractivity contribution is 0.0437. The molecular weight excluding hydrogens is 442 g/mol. The van der Waals surface area contributed by atoms with E-state index in [2.05, 4.69) is 11.8 Å². The molecule has 2 aromatic carbocycles. The Hall–Kier alpha value is -2.87. The highest BCUT2D eigenvalue weighted by Crippen LogP contribution is 2.32. The first kappa shape index (κ1) is 25.2. The molecule has 0 spiro atoms. The second kappa shape index (κ2) is 12.2. The zero-order valence-electron chi connectivity index (χ0n) is 21.0. The minimum absolute atomic E-state index is 0.194. The van der Waals surface area contributed by atoms with Gasteiger partial charge in [0.25, 0.3) is 0 Å². The summed E-state index contributed by atoms with van der Waals surface area (Å²) in [6.07, 6.45) is 3.69. The maximum atomic E-state index is 10.6. The third-order valence-corrected chi connectivity index (χ3v) is 6.37. The Morgan fingerprint density at radius 2 is 1.89 bits per heavy atom. The molecule has 1 aromatic heterocycles. The molecule has 0 aliphatic carbocycles. The van der Waals surface area contributed by atoms with E-state index in [1.807, 2.05) is 66.2 Å². The molecule has 0 saturated carbocycles. The highest BCUT2D eigenvalue weighted by Gasteiger charge is 2.25. The molecule has 1 saturated heterocycles. The number of methoxy groups -OCH3 is 1. The van der Waals surface area contributed by atoms with Crippen molar-refractivity contribution < 1.29 is 19.3 Å². The van der Waals surface area contributed by atoms with Crippen LogP contribution in [-0.2, 0) is 11.3 Å². The highest BCUT2D eigenvalue weighted by atomic mass is 16.5. The van der Waals surface area contributed by atoms with Crippen molar-refractivity contribution in [1.82, 2.24) is 14.7 Å². The summed E-state index contributed by atoms with van der Waals surface area (Å²) in [5.41, 5.74) is 2.84. The summed E-state index contributed by atoms with van der Waals surface area (Å²) in [5, 5.41) is 15.5. The lowest BCUT2D eigenvalue weighted by atomic mass is 10.1. The highest BCUT2D eigenvalue weighted by molar-refractivity contribution is 5.44. The third-order valence-electron chi connectivity index (χ3n) is 6.37. The van der Waals surface area contributed by atoms with Crippen molar-refractivity contribution in [3.8, 4) is 23.1 Å². The van der Waals surface area contributed by atoms with Crippen LogP contribution in [0.5, 0.6) is 17.4 Å². The Bertz CT molecular complexity index is 1050. The fraction of sp³-hybridized carbons (Fsp3) is 0.464. The van der Waals surface area contributed by atoms with Gasteiger partial charge in [-0.1, -0.05) is 31.5 Å². The van der Waals surface area contributed by atoms with Gasteiger partial charge < -0.3 is 19.3 Å². The molecular formula is C28H37N3O4. The number of aliphatic hydroxyl groups is 1. The van der Waals surface area contributed by atoms with E-state index in [0.717, 1.165) is 61.5 Å². The van der Waals surface area contributed by atoms with Gasteiger partial charge >= 0.3 is 0 Å². The van der Waals surface area contributed by atoms with E-state index in [0.29, 0.717) is 24.7 Å². The standard InChI is InChI=1S/C28H37N3O4/c1-4-9-23(32)18-30(19-26-12-8-17-34-26)20-27-21(2)29-31(22-10-6-5-7-11-22)28(27)35-25-15-13-24(33-3)14-16-25/h5-7,10-11,13-16,23,26,32H,4,8-9,12,17-20H2,1-3H3. The first-order chi connectivity index (χ1) is 17.1. The van der Waals surface area contributed by atoms with Crippen LogP contribution in [-0.4, -0.2) is 58.8 Å². The van der Waals surface area contributed by atoms with Crippen molar-refractivity contribution in [3.63, 3.8) is 0 Å². The number of rotatable bonds is 12. The summed E-state index contributed by atoms with van der Waals surface area (Å²) >= 11 is 0. The molecule has 1 aliphatic rings.